The van der Waals surface area contributed by atoms with E-state index in [1.807, 2.05) is 0 Å². The molecule has 0 unspecified atom stereocenters. The average molecular weight is 382 g/mol. The zero-order valence-electron chi connectivity index (χ0n) is 15.3. The quantitative estimate of drug-likeness (QED) is 0.340. The number of aliphatic hydroxyl groups is 1. The van der Waals surface area contributed by atoms with Crippen molar-refractivity contribution in [3.8, 4) is 11.5 Å². The van der Waals surface area contributed by atoms with Crippen LogP contribution in [0.3, 0.4) is 0 Å². The van der Waals surface area contributed by atoms with Crippen LogP contribution in [0.25, 0.3) is 12.2 Å². The summed E-state index contributed by atoms with van der Waals surface area (Å²) in [7, 11) is 0. The van der Waals surface area contributed by atoms with E-state index in [0.717, 1.165) is 5.56 Å². The van der Waals surface area contributed by atoms with Crippen LogP contribution in [0.2, 0.25) is 0 Å². The molecule has 28 heavy (non-hydrogen) atoms. The Kier molecular flexibility index (Phi) is 7.01. The van der Waals surface area contributed by atoms with Crippen LogP contribution in [0.15, 0.2) is 66.8 Å². The number of benzene rings is 2. The van der Waals surface area contributed by atoms with Crippen molar-refractivity contribution < 1.29 is 28.6 Å². The smallest absolute Gasteiger partial charge is 0.341 e. The fraction of sp³-hybridized carbons (Fsp3) is 0.0909. The minimum Gasteiger partial charge on any atom is -0.423 e. The first-order valence-electron chi connectivity index (χ1n) is 8.26. The lowest BCUT2D eigenvalue weighted by Gasteiger charge is -2.06. The van der Waals surface area contributed by atoms with E-state index < -0.39 is 24.4 Å². The van der Waals surface area contributed by atoms with Crippen molar-refractivity contribution in [1.82, 2.24) is 0 Å². The van der Waals surface area contributed by atoms with E-state index in [0.29, 0.717) is 11.3 Å². The van der Waals surface area contributed by atoms with Crippen molar-refractivity contribution >= 4 is 24.1 Å². The number of hydrogen-bond acceptors (Lipinski definition) is 5. The van der Waals surface area contributed by atoms with Gasteiger partial charge in [0.2, 0.25) is 0 Å². The predicted molar refractivity (Wildman–Crippen MR) is 104 cm³/mol. The summed E-state index contributed by atoms with van der Waals surface area (Å²) in [6.07, 6.45) is 3.43. The second-order valence-electron chi connectivity index (χ2n) is 5.91. The van der Waals surface area contributed by atoms with Crippen LogP contribution in [0, 0.1) is 5.82 Å². The summed E-state index contributed by atoms with van der Waals surface area (Å²) in [6, 6.07) is 10.8. The summed E-state index contributed by atoms with van der Waals surface area (Å²) in [5, 5.41) is 8.84. The minimum atomic E-state index is -0.700. The van der Waals surface area contributed by atoms with Gasteiger partial charge in [-0.25, -0.2) is 14.0 Å². The maximum atomic E-state index is 14.1. The van der Waals surface area contributed by atoms with Crippen molar-refractivity contribution in [2.45, 2.75) is 6.92 Å². The second kappa shape index (κ2) is 9.43. The lowest BCUT2D eigenvalue weighted by atomic mass is 10.1. The van der Waals surface area contributed by atoms with Gasteiger partial charge in [0, 0.05) is 5.57 Å². The van der Waals surface area contributed by atoms with Gasteiger partial charge >= 0.3 is 11.9 Å². The number of carbonyl (C=O) groups excluding carboxylic acids is 2. The molecule has 1 N–H and O–H groups in total. The Morgan fingerprint density at radius 3 is 2.18 bits per heavy atom. The molecule has 0 spiro atoms. The molecule has 5 nitrogen and oxygen atoms in total. The number of ether oxygens (including phenoxy) is 2. The summed E-state index contributed by atoms with van der Waals surface area (Å²) < 4.78 is 24.0. The Morgan fingerprint density at radius 2 is 1.61 bits per heavy atom. The van der Waals surface area contributed by atoms with Gasteiger partial charge in [-0.3, -0.25) is 0 Å². The molecule has 6 heteroatoms. The third kappa shape index (κ3) is 5.75. The molecular formula is C22H19FO5. The van der Waals surface area contributed by atoms with Crippen molar-refractivity contribution in [2.24, 2.45) is 0 Å². The lowest BCUT2D eigenvalue weighted by molar-refractivity contribution is -0.131. The normalized spacial score (nSPS) is 10.5. The van der Waals surface area contributed by atoms with Gasteiger partial charge in [-0.2, -0.15) is 0 Å². The first-order chi connectivity index (χ1) is 13.3. The number of carbonyl (C=O) groups is 2. The van der Waals surface area contributed by atoms with Crippen LogP contribution in [0.4, 0.5) is 4.39 Å². The molecule has 0 aliphatic heterocycles. The van der Waals surface area contributed by atoms with Crippen molar-refractivity contribution in [2.75, 3.05) is 6.61 Å². The lowest BCUT2D eigenvalue weighted by Crippen LogP contribution is -2.12. The Labute approximate surface area is 162 Å². The highest BCUT2D eigenvalue weighted by molar-refractivity contribution is 5.90. The summed E-state index contributed by atoms with van der Waals surface area (Å²) in [5.74, 6) is -1.91. The molecule has 2 aromatic carbocycles. The molecule has 0 fully saturated rings. The third-order valence-corrected chi connectivity index (χ3v) is 3.55. The molecule has 0 aliphatic carbocycles. The summed E-state index contributed by atoms with van der Waals surface area (Å²) in [6.45, 7) is 7.84. The molecule has 0 radical (unpaired) electrons. The molecule has 2 aromatic rings. The molecule has 2 rings (SSSR count). The van der Waals surface area contributed by atoms with E-state index in [2.05, 4.69) is 13.2 Å². The Balaban J connectivity index is 2.04. The standard InChI is InChI=1S/C22H19FO5/c1-14(2)21(25)28-20-11-8-17(12-19(20)23)5-4-16-6-9-18(10-7-16)27-22(26)15(3)13-24/h4-12,24H,1,3,13H2,2H3/b5-4+. The zero-order valence-corrected chi connectivity index (χ0v) is 15.3. The highest BCUT2D eigenvalue weighted by atomic mass is 19.1. The van der Waals surface area contributed by atoms with E-state index in [-0.39, 0.29) is 16.9 Å². The highest BCUT2D eigenvalue weighted by Crippen LogP contribution is 2.21. The van der Waals surface area contributed by atoms with Gasteiger partial charge in [0.05, 0.1) is 12.2 Å². The fourth-order valence-electron chi connectivity index (χ4n) is 1.97. The molecular weight excluding hydrogens is 363 g/mol. The van der Waals surface area contributed by atoms with Crippen LogP contribution in [0.1, 0.15) is 18.1 Å². The number of aliphatic hydroxyl groups excluding tert-OH is 1. The number of halogens is 1. The van der Waals surface area contributed by atoms with Gasteiger partial charge in [-0.15, -0.1) is 0 Å². The van der Waals surface area contributed by atoms with E-state index in [1.54, 1.807) is 42.5 Å². The Morgan fingerprint density at radius 1 is 1.00 bits per heavy atom. The first kappa shape index (κ1) is 20.8. The second-order valence-corrected chi connectivity index (χ2v) is 5.91. The predicted octanol–water partition coefficient (Wildman–Crippen LogP) is 3.93. The van der Waals surface area contributed by atoms with Gasteiger partial charge in [0.1, 0.15) is 5.75 Å². The van der Waals surface area contributed by atoms with Gasteiger partial charge < -0.3 is 14.6 Å². The molecule has 0 atom stereocenters. The maximum Gasteiger partial charge on any atom is 0.341 e. The molecule has 0 heterocycles. The van der Waals surface area contributed by atoms with Crippen molar-refractivity contribution in [3.05, 3.63) is 83.7 Å². The highest BCUT2D eigenvalue weighted by Gasteiger charge is 2.10. The molecule has 144 valence electrons. The maximum absolute atomic E-state index is 14.1. The van der Waals surface area contributed by atoms with Crippen LogP contribution in [-0.2, 0) is 9.59 Å². The summed E-state index contributed by atoms with van der Waals surface area (Å²) >= 11 is 0. The first-order valence-corrected chi connectivity index (χ1v) is 8.26. The largest absolute Gasteiger partial charge is 0.423 e. The van der Waals surface area contributed by atoms with E-state index in [1.165, 1.54) is 19.1 Å². The number of esters is 2. The molecule has 0 aromatic heterocycles. The third-order valence-electron chi connectivity index (χ3n) is 3.55. The minimum absolute atomic E-state index is 0.0385. The molecule has 0 saturated carbocycles. The van der Waals surface area contributed by atoms with Crippen molar-refractivity contribution in [3.63, 3.8) is 0 Å². The van der Waals surface area contributed by atoms with Gasteiger partial charge in [0.25, 0.3) is 0 Å². The van der Waals surface area contributed by atoms with Gasteiger partial charge in [-0.05, 0) is 42.3 Å². The van der Waals surface area contributed by atoms with Crippen LogP contribution in [-0.4, -0.2) is 23.7 Å². The Bertz CT molecular complexity index is 942. The number of rotatable bonds is 7. The Hall–Kier alpha value is -3.51. The van der Waals surface area contributed by atoms with Crippen molar-refractivity contribution in [1.29, 1.82) is 0 Å². The van der Waals surface area contributed by atoms with Crippen LogP contribution < -0.4 is 9.47 Å². The van der Waals surface area contributed by atoms with E-state index in [9.17, 15) is 14.0 Å². The zero-order chi connectivity index (χ0) is 20.7. The van der Waals surface area contributed by atoms with Crippen LogP contribution >= 0.6 is 0 Å². The van der Waals surface area contributed by atoms with Crippen LogP contribution in [0.5, 0.6) is 11.5 Å². The van der Waals surface area contributed by atoms with E-state index >= 15 is 0 Å². The topological polar surface area (TPSA) is 72.8 Å². The monoisotopic (exact) mass is 382 g/mol. The van der Waals surface area contributed by atoms with Gasteiger partial charge in [0.15, 0.2) is 11.6 Å². The summed E-state index contributed by atoms with van der Waals surface area (Å²) in [4.78, 5) is 23.0. The van der Waals surface area contributed by atoms with E-state index in [4.69, 9.17) is 14.6 Å². The summed E-state index contributed by atoms with van der Waals surface area (Å²) in [5.41, 5.74) is 1.50. The molecule has 0 bridgehead atoms. The molecule has 0 amide bonds. The number of hydrogen-bond donors (Lipinski definition) is 1. The fourth-order valence-corrected chi connectivity index (χ4v) is 1.97. The average Bonchev–Trinajstić information content (AvgIpc) is 2.68. The molecule has 0 saturated heterocycles. The van der Waals surface area contributed by atoms with Gasteiger partial charge in [-0.1, -0.05) is 43.5 Å². The SMILES string of the molecule is C=C(C)C(=O)Oc1ccc(/C=C/c2ccc(OC(=O)C(=C)CO)cc2)cc1F. The molecule has 0 aliphatic rings.